The third-order valence-corrected chi connectivity index (χ3v) is 4.38. The first kappa shape index (κ1) is 24.1. The number of unbranched alkanes of at least 4 members (excludes halogenated alkanes) is 1. The molecule has 156 valence electrons. The van der Waals surface area contributed by atoms with Crippen LogP contribution in [-0.2, 0) is 29.0 Å². The average Bonchev–Trinajstić information content (AvgIpc) is 2.89. The molecule has 0 unspecified atom stereocenters. The van der Waals surface area contributed by atoms with Gasteiger partial charge in [0, 0.05) is 33.2 Å². The van der Waals surface area contributed by atoms with Crippen molar-refractivity contribution in [1.82, 2.24) is 25.4 Å². The van der Waals surface area contributed by atoms with Gasteiger partial charge in [-0.1, -0.05) is 19.8 Å². The fourth-order valence-corrected chi connectivity index (χ4v) is 2.87. The highest BCUT2D eigenvalue weighted by Crippen LogP contribution is 2.14. The smallest absolute Gasteiger partial charge is 0.191 e. The molecule has 0 saturated heterocycles. The molecule has 0 aliphatic carbocycles. The van der Waals surface area contributed by atoms with Gasteiger partial charge in [-0.05, 0) is 19.3 Å². The van der Waals surface area contributed by atoms with Gasteiger partial charge in [0.15, 0.2) is 11.8 Å². The fraction of sp³-hybridized carbons (Fsp3) is 0.833. The van der Waals surface area contributed by atoms with Gasteiger partial charge in [0.1, 0.15) is 5.82 Å². The second-order valence-corrected chi connectivity index (χ2v) is 6.43. The van der Waals surface area contributed by atoms with Crippen molar-refractivity contribution in [3.8, 4) is 0 Å². The van der Waals surface area contributed by atoms with Gasteiger partial charge in [-0.2, -0.15) is 0 Å². The second-order valence-electron chi connectivity index (χ2n) is 6.43. The van der Waals surface area contributed by atoms with Gasteiger partial charge in [0.05, 0.1) is 26.4 Å². The van der Waals surface area contributed by atoms with Crippen LogP contribution < -0.4 is 10.6 Å². The molecule has 0 amide bonds. The van der Waals surface area contributed by atoms with Crippen molar-refractivity contribution < 1.29 is 9.47 Å². The molecular formula is C18H35IN6O2. The Bertz CT molecular complexity index is 538. The maximum atomic E-state index is 5.55. The number of aromatic nitrogens is 3. The summed E-state index contributed by atoms with van der Waals surface area (Å²) < 4.78 is 13.3. The van der Waals surface area contributed by atoms with E-state index in [4.69, 9.17) is 9.47 Å². The van der Waals surface area contributed by atoms with Gasteiger partial charge < -0.3 is 24.7 Å². The summed E-state index contributed by atoms with van der Waals surface area (Å²) in [6.45, 7) is 7.23. The highest BCUT2D eigenvalue weighted by molar-refractivity contribution is 14.0. The Balaban J connectivity index is 0.00000364. The molecule has 27 heavy (non-hydrogen) atoms. The van der Waals surface area contributed by atoms with Crippen molar-refractivity contribution in [3.05, 3.63) is 11.6 Å². The van der Waals surface area contributed by atoms with Crippen molar-refractivity contribution >= 4 is 29.9 Å². The normalized spacial score (nSPS) is 14.2. The first-order valence-electron chi connectivity index (χ1n) is 9.86. The number of fused-ring (bicyclic) bond motifs is 1. The van der Waals surface area contributed by atoms with Gasteiger partial charge >= 0.3 is 0 Å². The minimum atomic E-state index is 0. The van der Waals surface area contributed by atoms with E-state index in [0.29, 0.717) is 32.9 Å². The number of aryl methyl sites for hydroxylation is 1. The summed E-state index contributed by atoms with van der Waals surface area (Å²) in [6.07, 6.45) is 6.97. The summed E-state index contributed by atoms with van der Waals surface area (Å²) in [5.74, 6) is 2.83. The number of hydrogen-bond acceptors (Lipinski definition) is 5. The Morgan fingerprint density at radius 2 is 1.89 bits per heavy atom. The fourth-order valence-electron chi connectivity index (χ4n) is 2.87. The van der Waals surface area contributed by atoms with Gasteiger partial charge in [-0.3, -0.25) is 4.99 Å². The van der Waals surface area contributed by atoms with E-state index < -0.39 is 0 Å². The number of nitrogens with zero attached hydrogens (tertiary/aromatic N) is 4. The zero-order chi connectivity index (χ0) is 18.5. The molecule has 1 aromatic rings. The maximum absolute atomic E-state index is 5.55. The van der Waals surface area contributed by atoms with Crippen LogP contribution in [0.5, 0.6) is 0 Å². The molecule has 1 aliphatic heterocycles. The Kier molecular flexibility index (Phi) is 13.4. The zero-order valence-corrected chi connectivity index (χ0v) is 19.0. The van der Waals surface area contributed by atoms with E-state index in [1.165, 1.54) is 19.3 Å². The molecule has 0 spiro atoms. The largest absolute Gasteiger partial charge is 0.379 e. The average molecular weight is 494 g/mol. The zero-order valence-electron chi connectivity index (χ0n) is 16.7. The number of halogens is 1. The lowest BCUT2D eigenvalue weighted by Gasteiger charge is -2.13. The first-order valence-corrected chi connectivity index (χ1v) is 9.86. The van der Waals surface area contributed by atoms with Crippen molar-refractivity contribution in [2.75, 3.05) is 40.0 Å². The number of aliphatic imine (C=N–C) groups is 1. The maximum Gasteiger partial charge on any atom is 0.191 e. The van der Waals surface area contributed by atoms with Crippen LogP contribution in [0.4, 0.5) is 0 Å². The van der Waals surface area contributed by atoms with E-state index in [1.54, 1.807) is 7.05 Å². The number of rotatable bonds is 11. The molecule has 2 heterocycles. The molecule has 0 fully saturated rings. The van der Waals surface area contributed by atoms with Gasteiger partial charge in [0.2, 0.25) is 0 Å². The standard InChI is InChI=1S/C18H34N6O2.HI/c1-3-4-11-25-13-14-26-12-9-20-18(19-2)21-15-17-23-22-16-8-6-5-7-10-24(16)17;/h3-15H2,1-2H3,(H2,19,20,21);1H. The predicted octanol–water partition coefficient (Wildman–Crippen LogP) is 2.12. The molecule has 2 rings (SSSR count). The minimum Gasteiger partial charge on any atom is -0.379 e. The molecule has 0 bridgehead atoms. The third kappa shape index (κ3) is 9.20. The minimum absolute atomic E-state index is 0. The molecule has 2 N–H and O–H groups in total. The van der Waals surface area contributed by atoms with E-state index >= 15 is 0 Å². The Hall–Kier alpha value is -0.940. The lowest BCUT2D eigenvalue weighted by Crippen LogP contribution is -2.39. The van der Waals surface area contributed by atoms with E-state index in [9.17, 15) is 0 Å². The Labute approximate surface area is 179 Å². The van der Waals surface area contributed by atoms with Crippen molar-refractivity contribution in [2.24, 2.45) is 4.99 Å². The molecule has 8 nitrogen and oxygen atoms in total. The van der Waals surface area contributed by atoms with Crippen LogP contribution in [0, 0.1) is 0 Å². The molecule has 0 saturated carbocycles. The SMILES string of the molecule is CCCCOCCOCCNC(=NC)NCc1nnc2n1CCCCC2.I. The van der Waals surface area contributed by atoms with E-state index in [0.717, 1.165) is 50.0 Å². The molecule has 0 aromatic carbocycles. The number of nitrogens with one attached hydrogen (secondary N) is 2. The second kappa shape index (κ2) is 15.0. The summed E-state index contributed by atoms with van der Waals surface area (Å²) in [6, 6.07) is 0. The predicted molar refractivity (Wildman–Crippen MR) is 118 cm³/mol. The van der Waals surface area contributed by atoms with E-state index in [2.05, 4.69) is 37.3 Å². The van der Waals surface area contributed by atoms with Crippen LogP contribution in [0.15, 0.2) is 4.99 Å². The Morgan fingerprint density at radius 1 is 1.07 bits per heavy atom. The number of ether oxygens (including phenoxy) is 2. The van der Waals surface area contributed by atoms with Gasteiger partial charge in [0.25, 0.3) is 0 Å². The van der Waals surface area contributed by atoms with Crippen LogP contribution in [0.2, 0.25) is 0 Å². The summed E-state index contributed by atoms with van der Waals surface area (Å²) in [4.78, 5) is 4.24. The summed E-state index contributed by atoms with van der Waals surface area (Å²) in [5.41, 5.74) is 0. The topological polar surface area (TPSA) is 85.6 Å². The monoisotopic (exact) mass is 494 g/mol. The van der Waals surface area contributed by atoms with Crippen molar-refractivity contribution in [2.45, 2.75) is 58.5 Å². The molecule has 0 atom stereocenters. The quantitative estimate of drug-likeness (QED) is 0.212. The number of hydrogen-bond donors (Lipinski definition) is 2. The summed E-state index contributed by atoms with van der Waals surface area (Å²) in [5, 5.41) is 15.2. The van der Waals surface area contributed by atoms with Crippen LogP contribution in [-0.4, -0.2) is 60.7 Å². The molecule has 1 aromatic heterocycles. The third-order valence-electron chi connectivity index (χ3n) is 4.38. The molecule has 9 heteroatoms. The van der Waals surface area contributed by atoms with Crippen LogP contribution >= 0.6 is 24.0 Å². The molecular weight excluding hydrogens is 459 g/mol. The van der Waals surface area contributed by atoms with Crippen LogP contribution in [0.25, 0.3) is 0 Å². The first-order chi connectivity index (χ1) is 12.8. The van der Waals surface area contributed by atoms with Crippen molar-refractivity contribution in [1.29, 1.82) is 0 Å². The highest BCUT2D eigenvalue weighted by Gasteiger charge is 2.14. The lowest BCUT2D eigenvalue weighted by atomic mass is 10.2. The Morgan fingerprint density at radius 3 is 2.67 bits per heavy atom. The van der Waals surface area contributed by atoms with Crippen LogP contribution in [0.1, 0.15) is 50.7 Å². The van der Waals surface area contributed by atoms with E-state index in [1.807, 2.05) is 0 Å². The molecule has 0 radical (unpaired) electrons. The van der Waals surface area contributed by atoms with Gasteiger partial charge in [-0.25, -0.2) is 0 Å². The van der Waals surface area contributed by atoms with E-state index in [-0.39, 0.29) is 24.0 Å². The van der Waals surface area contributed by atoms with Crippen LogP contribution in [0.3, 0.4) is 0 Å². The summed E-state index contributed by atoms with van der Waals surface area (Å²) in [7, 11) is 1.77. The van der Waals surface area contributed by atoms with Crippen molar-refractivity contribution in [3.63, 3.8) is 0 Å². The summed E-state index contributed by atoms with van der Waals surface area (Å²) >= 11 is 0. The van der Waals surface area contributed by atoms with Gasteiger partial charge in [-0.15, -0.1) is 34.2 Å². The molecule has 1 aliphatic rings. The highest BCUT2D eigenvalue weighted by atomic mass is 127. The lowest BCUT2D eigenvalue weighted by molar-refractivity contribution is 0.0487. The number of guanidine groups is 1.